The molecule has 3 heterocycles. The maximum atomic E-state index is 13.2. The molecule has 0 saturated carbocycles. The Hall–Kier alpha value is -3.41. The summed E-state index contributed by atoms with van der Waals surface area (Å²) in [6.07, 6.45) is 3.49. The molecule has 0 unspecified atom stereocenters. The Morgan fingerprint density at radius 1 is 1.11 bits per heavy atom. The van der Waals surface area contributed by atoms with Crippen LogP contribution in [0.4, 0.5) is 0 Å². The van der Waals surface area contributed by atoms with Crippen LogP contribution >= 0.6 is 0 Å². The SMILES string of the molecule is COc1ccccc1-n1ccc(C)c(C(=O)N2Cc3cnc(C)cc3C2)c1=O. The molecule has 28 heavy (non-hydrogen) atoms. The maximum Gasteiger partial charge on any atom is 0.268 e. The van der Waals surface area contributed by atoms with Crippen LogP contribution < -0.4 is 10.3 Å². The van der Waals surface area contributed by atoms with Crippen molar-refractivity contribution in [2.45, 2.75) is 26.9 Å². The van der Waals surface area contributed by atoms with Crippen molar-refractivity contribution >= 4 is 5.91 Å². The molecule has 0 bridgehead atoms. The van der Waals surface area contributed by atoms with Crippen molar-refractivity contribution in [2.75, 3.05) is 7.11 Å². The summed E-state index contributed by atoms with van der Waals surface area (Å²) in [6, 6.07) is 11.0. The molecule has 0 radical (unpaired) electrons. The van der Waals surface area contributed by atoms with Gasteiger partial charge in [0.25, 0.3) is 11.5 Å². The normalized spacial score (nSPS) is 12.8. The fourth-order valence-corrected chi connectivity index (χ4v) is 3.61. The molecule has 1 aliphatic heterocycles. The minimum Gasteiger partial charge on any atom is -0.495 e. The summed E-state index contributed by atoms with van der Waals surface area (Å²) in [5.41, 5.74) is 4.13. The number of pyridine rings is 2. The highest BCUT2D eigenvalue weighted by molar-refractivity contribution is 5.95. The summed E-state index contributed by atoms with van der Waals surface area (Å²) in [5, 5.41) is 0. The Kier molecular flexibility index (Phi) is 4.47. The second-order valence-electron chi connectivity index (χ2n) is 6.98. The van der Waals surface area contributed by atoms with Crippen LogP contribution in [0.3, 0.4) is 0 Å². The molecule has 0 saturated heterocycles. The van der Waals surface area contributed by atoms with Crippen molar-refractivity contribution in [3.8, 4) is 11.4 Å². The van der Waals surface area contributed by atoms with Gasteiger partial charge in [-0.3, -0.25) is 19.1 Å². The molecular weight excluding hydrogens is 354 g/mol. The van der Waals surface area contributed by atoms with E-state index in [-0.39, 0.29) is 17.0 Å². The van der Waals surface area contributed by atoms with Gasteiger partial charge in [-0.05, 0) is 54.8 Å². The molecule has 4 rings (SSSR count). The summed E-state index contributed by atoms with van der Waals surface area (Å²) < 4.78 is 6.84. The molecule has 142 valence electrons. The monoisotopic (exact) mass is 375 g/mol. The Morgan fingerprint density at radius 2 is 1.86 bits per heavy atom. The zero-order valence-corrected chi connectivity index (χ0v) is 16.1. The average molecular weight is 375 g/mol. The molecule has 6 heteroatoms. The fourth-order valence-electron chi connectivity index (χ4n) is 3.61. The van der Waals surface area contributed by atoms with Gasteiger partial charge in [0.2, 0.25) is 0 Å². The van der Waals surface area contributed by atoms with Gasteiger partial charge in [-0.2, -0.15) is 0 Å². The maximum absolute atomic E-state index is 13.2. The average Bonchev–Trinajstić information content (AvgIpc) is 3.11. The van der Waals surface area contributed by atoms with Crippen LogP contribution in [0.5, 0.6) is 5.75 Å². The number of hydrogen-bond acceptors (Lipinski definition) is 4. The van der Waals surface area contributed by atoms with Gasteiger partial charge < -0.3 is 9.64 Å². The molecule has 0 spiro atoms. The van der Waals surface area contributed by atoms with Crippen molar-refractivity contribution < 1.29 is 9.53 Å². The molecule has 0 N–H and O–H groups in total. The Morgan fingerprint density at radius 3 is 2.64 bits per heavy atom. The number of methoxy groups -OCH3 is 1. The lowest BCUT2D eigenvalue weighted by Gasteiger charge is -2.18. The summed E-state index contributed by atoms with van der Waals surface area (Å²) >= 11 is 0. The van der Waals surface area contributed by atoms with Crippen molar-refractivity contribution in [1.82, 2.24) is 14.5 Å². The van der Waals surface area contributed by atoms with Gasteiger partial charge in [-0.15, -0.1) is 0 Å². The molecule has 3 aromatic rings. The molecule has 1 aliphatic rings. The van der Waals surface area contributed by atoms with Gasteiger partial charge in [0.15, 0.2) is 0 Å². The van der Waals surface area contributed by atoms with Gasteiger partial charge in [0, 0.05) is 31.2 Å². The van der Waals surface area contributed by atoms with Crippen LogP contribution in [0.25, 0.3) is 5.69 Å². The highest BCUT2D eigenvalue weighted by Gasteiger charge is 2.28. The number of amides is 1. The van der Waals surface area contributed by atoms with Crippen LogP contribution in [0.1, 0.15) is 32.7 Å². The van der Waals surface area contributed by atoms with Gasteiger partial charge in [0.1, 0.15) is 11.3 Å². The van der Waals surface area contributed by atoms with E-state index in [2.05, 4.69) is 4.98 Å². The van der Waals surface area contributed by atoms with Crippen LogP contribution in [0.15, 0.2) is 53.6 Å². The zero-order valence-electron chi connectivity index (χ0n) is 16.1. The molecule has 1 aromatic carbocycles. The first-order valence-electron chi connectivity index (χ1n) is 9.09. The van der Waals surface area contributed by atoms with E-state index in [1.54, 1.807) is 43.3 Å². The molecule has 0 fully saturated rings. The first-order valence-corrected chi connectivity index (χ1v) is 9.09. The first kappa shape index (κ1) is 18.0. The number of para-hydroxylation sites is 2. The van der Waals surface area contributed by atoms with E-state index >= 15 is 0 Å². The number of carbonyl (C=O) groups is 1. The van der Waals surface area contributed by atoms with Gasteiger partial charge in [0.05, 0.1) is 12.8 Å². The lowest BCUT2D eigenvalue weighted by atomic mass is 10.1. The number of nitrogens with zero attached hydrogens (tertiary/aromatic N) is 3. The molecule has 0 aliphatic carbocycles. The highest BCUT2D eigenvalue weighted by atomic mass is 16.5. The predicted octanol–water partition coefficient (Wildman–Crippen LogP) is 3.01. The summed E-state index contributed by atoms with van der Waals surface area (Å²) in [6.45, 7) is 4.66. The number of aromatic nitrogens is 2. The van der Waals surface area contributed by atoms with Crippen molar-refractivity contribution in [3.63, 3.8) is 0 Å². The third-order valence-electron chi connectivity index (χ3n) is 5.09. The molecule has 2 aromatic heterocycles. The van der Waals surface area contributed by atoms with E-state index in [4.69, 9.17) is 4.74 Å². The third-order valence-corrected chi connectivity index (χ3v) is 5.09. The number of carbonyl (C=O) groups excluding carboxylic acids is 1. The van der Waals surface area contributed by atoms with Crippen molar-refractivity contribution in [1.29, 1.82) is 0 Å². The summed E-state index contributed by atoms with van der Waals surface area (Å²) in [4.78, 5) is 32.5. The number of fused-ring (bicyclic) bond motifs is 1. The van der Waals surface area contributed by atoms with E-state index in [9.17, 15) is 9.59 Å². The number of hydrogen-bond donors (Lipinski definition) is 0. The Bertz CT molecular complexity index is 1130. The van der Waals surface area contributed by atoms with Crippen molar-refractivity contribution in [3.05, 3.63) is 87.1 Å². The predicted molar refractivity (Wildman–Crippen MR) is 106 cm³/mol. The molecular formula is C22H21N3O3. The summed E-state index contributed by atoms with van der Waals surface area (Å²) in [7, 11) is 1.56. The zero-order chi connectivity index (χ0) is 19.8. The van der Waals surface area contributed by atoms with Gasteiger partial charge >= 0.3 is 0 Å². The highest BCUT2D eigenvalue weighted by Crippen LogP contribution is 2.25. The smallest absolute Gasteiger partial charge is 0.268 e. The third kappa shape index (κ3) is 2.97. The summed E-state index contributed by atoms with van der Waals surface area (Å²) in [5.74, 6) is 0.308. The minimum absolute atomic E-state index is 0.186. The standard InChI is InChI=1S/C22H21N3O3/c1-14-8-9-25(18-6-4-5-7-19(18)28-3)22(27)20(14)21(26)24-12-16-10-15(2)23-11-17(16)13-24/h4-11H,12-13H2,1-3H3. The van der Waals surface area contributed by atoms with Gasteiger partial charge in [-0.25, -0.2) is 0 Å². The van der Waals surface area contributed by atoms with E-state index in [0.717, 1.165) is 16.8 Å². The van der Waals surface area contributed by atoms with E-state index in [0.29, 0.717) is 30.1 Å². The van der Waals surface area contributed by atoms with E-state index in [1.807, 2.05) is 31.3 Å². The Balaban J connectivity index is 1.75. The molecule has 1 amide bonds. The fraction of sp³-hybridized carbons (Fsp3) is 0.227. The topological polar surface area (TPSA) is 64.4 Å². The van der Waals surface area contributed by atoms with Crippen LogP contribution in [-0.4, -0.2) is 27.5 Å². The largest absolute Gasteiger partial charge is 0.495 e. The number of rotatable bonds is 3. The second kappa shape index (κ2) is 6.96. The second-order valence-corrected chi connectivity index (χ2v) is 6.98. The number of aryl methyl sites for hydroxylation is 2. The van der Waals surface area contributed by atoms with Crippen LogP contribution in [0.2, 0.25) is 0 Å². The lowest BCUT2D eigenvalue weighted by molar-refractivity contribution is 0.0748. The molecule has 6 nitrogen and oxygen atoms in total. The van der Waals surface area contributed by atoms with Crippen LogP contribution in [-0.2, 0) is 13.1 Å². The van der Waals surface area contributed by atoms with Crippen LogP contribution in [0, 0.1) is 13.8 Å². The quantitative estimate of drug-likeness (QED) is 0.706. The number of ether oxygens (including phenoxy) is 1. The number of benzene rings is 1. The minimum atomic E-state index is -0.347. The lowest BCUT2D eigenvalue weighted by Crippen LogP contribution is -2.34. The Labute approximate surface area is 163 Å². The van der Waals surface area contributed by atoms with Gasteiger partial charge in [-0.1, -0.05) is 12.1 Å². The van der Waals surface area contributed by atoms with Crippen molar-refractivity contribution in [2.24, 2.45) is 0 Å². The van der Waals surface area contributed by atoms with E-state index < -0.39 is 0 Å². The first-order chi connectivity index (χ1) is 13.5. The van der Waals surface area contributed by atoms with E-state index in [1.165, 1.54) is 4.57 Å². The molecule has 0 atom stereocenters.